The number of allylic oxidation sites excluding steroid dienone is 1. The highest BCUT2D eigenvalue weighted by molar-refractivity contribution is 6.73. The Morgan fingerprint density at radius 2 is 1.43 bits per heavy atom. The first-order valence-corrected chi connectivity index (χ1v) is 8.22. The molecule has 14 heavy (non-hydrogen) atoms. The molecule has 0 atom stereocenters. The van der Waals surface area contributed by atoms with Crippen LogP contribution in [0.3, 0.4) is 0 Å². The second kappa shape index (κ2) is 5.01. The zero-order valence-corrected chi connectivity index (χ0v) is 11.7. The first kappa shape index (κ1) is 13.8. The normalized spacial score (nSPS) is 12.7. The lowest BCUT2D eigenvalue weighted by atomic mass is 9.95. The largest absolute Gasteiger partial charge is 0.547 e. The number of hydrogen-bond acceptors (Lipinski definition) is 1. The molecule has 0 saturated carbocycles. The van der Waals surface area contributed by atoms with Gasteiger partial charge in [0.25, 0.3) is 0 Å². The molecule has 0 spiro atoms. The molecule has 2 heteroatoms. The molecular formula is C12H26OSi. The fraction of sp³-hybridized carbons (Fsp3) is 0.833. The summed E-state index contributed by atoms with van der Waals surface area (Å²) in [4.78, 5) is 0. The van der Waals surface area contributed by atoms with Crippen molar-refractivity contribution in [1.29, 1.82) is 0 Å². The van der Waals surface area contributed by atoms with Gasteiger partial charge in [0.2, 0.25) is 8.32 Å². The van der Waals surface area contributed by atoms with Crippen LogP contribution in [-0.4, -0.2) is 8.32 Å². The molecule has 0 rings (SSSR count). The summed E-state index contributed by atoms with van der Waals surface area (Å²) in [5, 5.41) is 0. The van der Waals surface area contributed by atoms with Crippen molar-refractivity contribution in [3.63, 3.8) is 0 Å². The Hall–Kier alpha value is -0.243. The molecule has 0 radical (unpaired) electrons. The van der Waals surface area contributed by atoms with Crippen molar-refractivity contribution in [1.82, 2.24) is 0 Å². The molecule has 0 aliphatic heterocycles. The second-order valence-corrected chi connectivity index (χ2v) is 9.71. The summed E-state index contributed by atoms with van der Waals surface area (Å²) in [7, 11) is -1.49. The first-order chi connectivity index (χ1) is 6.31. The standard InChI is InChI=1S/C12H26OSi/c1-8-14(9-2,10-3)13-11(4)12(5,6)7/h4,8-10H2,1-3,5-7H3. The first-order valence-electron chi connectivity index (χ1n) is 5.69. The van der Waals surface area contributed by atoms with Gasteiger partial charge >= 0.3 is 0 Å². The Balaban J connectivity index is 4.54. The van der Waals surface area contributed by atoms with E-state index in [2.05, 4.69) is 48.1 Å². The maximum absolute atomic E-state index is 6.19. The third kappa shape index (κ3) is 3.49. The second-order valence-electron chi connectivity index (χ2n) is 5.02. The van der Waals surface area contributed by atoms with Crippen LogP contribution in [0.25, 0.3) is 0 Å². The molecule has 0 amide bonds. The summed E-state index contributed by atoms with van der Waals surface area (Å²) in [6.07, 6.45) is 0. The van der Waals surface area contributed by atoms with Crippen LogP contribution in [0.15, 0.2) is 12.3 Å². The highest BCUT2D eigenvalue weighted by Crippen LogP contribution is 2.32. The third-order valence-corrected chi connectivity index (χ3v) is 7.65. The summed E-state index contributed by atoms with van der Waals surface area (Å²) < 4.78 is 6.19. The summed E-state index contributed by atoms with van der Waals surface area (Å²) in [6, 6.07) is 3.57. The van der Waals surface area contributed by atoms with Crippen LogP contribution in [0.2, 0.25) is 18.1 Å². The minimum atomic E-state index is -1.49. The van der Waals surface area contributed by atoms with Gasteiger partial charge < -0.3 is 4.43 Å². The molecule has 0 unspecified atom stereocenters. The Morgan fingerprint density at radius 1 is 1.07 bits per heavy atom. The topological polar surface area (TPSA) is 9.23 Å². The SMILES string of the molecule is C=C(O[Si](CC)(CC)CC)C(C)(C)C. The van der Waals surface area contributed by atoms with Crippen LogP contribution in [0.1, 0.15) is 41.5 Å². The van der Waals surface area contributed by atoms with E-state index in [4.69, 9.17) is 4.43 Å². The monoisotopic (exact) mass is 214 g/mol. The average Bonchev–Trinajstić information content (AvgIpc) is 2.12. The number of rotatable bonds is 5. The molecule has 0 aromatic carbocycles. The molecule has 1 nitrogen and oxygen atoms in total. The molecule has 0 aliphatic rings. The van der Waals surface area contributed by atoms with E-state index < -0.39 is 8.32 Å². The lowest BCUT2D eigenvalue weighted by molar-refractivity contribution is 0.284. The van der Waals surface area contributed by atoms with Crippen molar-refractivity contribution in [3.05, 3.63) is 12.3 Å². The van der Waals surface area contributed by atoms with Gasteiger partial charge in [0.1, 0.15) is 0 Å². The molecule has 0 fully saturated rings. The van der Waals surface area contributed by atoms with Crippen molar-refractivity contribution in [2.45, 2.75) is 59.7 Å². The van der Waals surface area contributed by atoms with Gasteiger partial charge in [-0.3, -0.25) is 0 Å². The van der Waals surface area contributed by atoms with Crippen molar-refractivity contribution in [3.8, 4) is 0 Å². The van der Waals surface area contributed by atoms with E-state index >= 15 is 0 Å². The molecule has 0 aromatic heterocycles. The minimum absolute atomic E-state index is 0.0811. The van der Waals surface area contributed by atoms with Crippen molar-refractivity contribution >= 4 is 8.32 Å². The summed E-state index contributed by atoms with van der Waals surface area (Å²) in [5.74, 6) is 0.967. The fourth-order valence-electron chi connectivity index (χ4n) is 1.38. The highest BCUT2D eigenvalue weighted by Gasteiger charge is 2.33. The van der Waals surface area contributed by atoms with Crippen LogP contribution in [0.5, 0.6) is 0 Å². The van der Waals surface area contributed by atoms with Gasteiger partial charge in [-0.2, -0.15) is 0 Å². The van der Waals surface area contributed by atoms with Gasteiger partial charge in [0, 0.05) is 5.41 Å². The maximum Gasteiger partial charge on any atom is 0.250 e. The van der Waals surface area contributed by atoms with E-state index in [1.807, 2.05) is 0 Å². The van der Waals surface area contributed by atoms with Crippen LogP contribution in [0.4, 0.5) is 0 Å². The summed E-state index contributed by atoms with van der Waals surface area (Å²) in [6.45, 7) is 17.3. The third-order valence-electron chi connectivity index (χ3n) is 3.11. The lowest BCUT2D eigenvalue weighted by Crippen LogP contribution is -2.37. The van der Waals surface area contributed by atoms with Crippen molar-refractivity contribution in [2.75, 3.05) is 0 Å². The summed E-state index contributed by atoms with van der Waals surface area (Å²) in [5.41, 5.74) is 0.0811. The predicted molar refractivity (Wildman–Crippen MR) is 66.9 cm³/mol. The van der Waals surface area contributed by atoms with Crippen LogP contribution in [0, 0.1) is 5.41 Å². The van der Waals surface area contributed by atoms with Gasteiger partial charge in [-0.1, -0.05) is 48.1 Å². The van der Waals surface area contributed by atoms with E-state index in [0.717, 1.165) is 5.76 Å². The molecule has 0 aromatic rings. The molecule has 0 heterocycles. The zero-order chi connectivity index (χ0) is 11.4. The van der Waals surface area contributed by atoms with E-state index in [1.165, 1.54) is 18.1 Å². The van der Waals surface area contributed by atoms with Gasteiger partial charge in [0.15, 0.2) is 0 Å². The Bertz CT molecular complexity index is 179. The summed E-state index contributed by atoms with van der Waals surface area (Å²) >= 11 is 0. The fourth-order valence-corrected chi connectivity index (χ4v) is 4.14. The Kier molecular flexibility index (Phi) is 4.92. The zero-order valence-electron chi connectivity index (χ0n) is 10.7. The molecular weight excluding hydrogens is 188 g/mol. The van der Waals surface area contributed by atoms with Gasteiger partial charge in [-0.05, 0) is 18.1 Å². The maximum atomic E-state index is 6.19. The molecule has 0 bridgehead atoms. The average molecular weight is 214 g/mol. The Morgan fingerprint density at radius 3 is 1.64 bits per heavy atom. The smallest absolute Gasteiger partial charge is 0.250 e. The predicted octanol–water partition coefficient (Wildman–Crippen LogP) is 4.57. The molecule has 84 valence electrons. The molecule has 0 aliphatic carbocycles. The van der Waals surface area contributed by atoms with Crippen LogP contribution in [-0.2, 0) is 4.43 Å². The van der Waals surface area contributed by atoms with E-state index in [-0.39, 0.29) is 5.41 Å². The Labute approximate surface area is 90.7 Å². The minimum Gasteiger partial charge on any atom is -0.547 e. The number of hydrogen-bond donors (Lipinski definition) is 0. The van der Waals surface area contributed by atoms with E-state index in [0.29, 0.717) is 0 Å². The van der Waals surface area contributed by atoms with E-state index in [9.17, 15) is 0 Å². The van der Waals surface area contributed by atoms with Gasteiger partial charge in [-0.25, -0.2) is 0 Å². The molecule has 0 N–H and O–H groups in total. The highest BCUT2D eigenvalue weighted by atomic mass is 28.4. The van der Waals surface area contributed by atoms with Crippen molar-refractivity contribution in [2.24, 2.45) is 5.41 Å². The van der Waals surface area contributed by atoms with Crippen molar-refractivity contribution < 1.29 is 4.43 Å². The molecule has 0 saturated heterocycles. The van der Waals surface area contributed by atoms with Crippen LogP contribution >= 0.6 is 0 Å². The van der Waals surface area contributed by atoms with Gasteiger partial charge in [-0.15, -0.1) is 0 Å². The van der Waals surface area contributed by atoms with E-state index in [1.54, 1.807) is 0 Å². The lowest BCUT2D eigenvalue weighted by Gasteiger charge is -2.34. The van der Waals surface area contributed by atoms with Crippen LogP contribution < -0.4 is 0 Å². The van der Waals surface area contributed by atoms with Gasteiger partial charge in [0.05, 0.1) is 5.76 Å². The quantitative estimate of drug-likeness (QED) is 0.481.